The van der Waals surface area contributed by atoms with Gasteiger partial charge in [0.2, 0.25) is 0 Å². The molecule has 0 radical (unpaired) electrons. The molecule has 6 nitrogen and oxygen atoms in total. The van der Waals surface area contributed by atoms with E-state index in [4.69, 9.17) is 14.0 Å². The van der Waals surface area contributed by atoms with Crippen molar-refractivity contribution < 1.29 is 16.6 Å². The largest absolute Gasteiger partial charge is 0.399 e. The highest BCUT2D eigenvalue weighted by atomic mass is 32.2. The van der Waals surface area contributed by atoms with Gasteiger partial charge in [-0.3, -0.25) is 9.71 Å². The number of hydrogen-bond acceptors (Lipinski definition) is 5. The summed E-state index contributed by atoms with van der Waals surface area (Å²) in [6.07, 6.45) is 1.01. The Hall–Kier alpha value is -2.67. The van der Waals surface area contributed by atoms with Gasteiger partial charge < -0.3 is 5.73 Å². The predicted octanol–water partition coefficient (Wildman–Crippen LogP) is 2.01. The molecular weight excluding hydrogens is 288 g/mol. The molecule has 0 spiro atoms. The molecule has 1 aromatic heterocycles. The molecule has 1 heterocycles. The number of sulfonamides is 1. The van der Waals surface area contributed by atoms with Crippen molar-refractivity contribution in [1.29, 1.82) is 0 Å². The average molecular weight is 306 g/mol. The number of aromatic nitrogens is 2. The number of benzene rings is 2. The molecule has 106 valence electrons. The minimum Gasteiger partial charge on any atom is -0.399 e. The van der Waals surface area contributed by atoms with Gasteiger partial charge in [-0.15, -0.1) is 0 Å². The first-order chi connectivity index (χ1) is 12.5. The zero-order valence-corrected chi connectivity index (χ0v) is 11.2. The monoisotopic (exact) mass is 306 g/mol. The molecule has 0 saturated heterocycles. The lowest BCUT2D eigenvalue weighted by Gasteiger charge is -2.08. The maximum Gasteiger partial charge on any atom is 0.263 e. The van der Waals surface area contributed by atoms with E-state index in [0.29, 0.717) is 0 Å². The van der Waals surface area contributed by atoms with Crippen LogP contribution in [-0.2, 0) is 10.0 Å². The zero-order valence-electron chi connectivity index (χ0n) is 16.4. The first-order valence-electron chi connectivity index (χ1n) is 8.65. The Balaban J connectivity index is 2.09. The number of nitrogens with zero attached hydrogens (tertiary/aromatic N) is 2. The highest BCUT2D eigenvalue weighted by Gasteiger charge is 2.15. The summed E-state index contributed by atoms with van der Waals surface area (Å²) in [5.41, 5.74) is 5.03. The van der Waals surface area contributed by atoms with E-state index in [0.717, 1.165) is 18.3 Å². The summed E-state index contributed by atoms with van der Waals surface area (Å²) in [6.45, 7) is 0. The number of para-hydroxylation sites is 2. The molecule has 0 unspecified atom stereocenters. The first kappa shape index (κ1) is 7.94. The zero-order chi connectivity index (χ0) is 20.1. The van der Waals surface area contributed by atoms with Gasteiger partial charge in [0, 0.05) is 5.69 Å². The molecule has 2 aromatic carbocycles. The number of nitrogens with two attached hydrogens (primary N) is 1. The maximum absolute atomic E-state index is 12.5. The van der Waals surface area contributed by atoms with E-state index >= 15 is 0 Å². The highest BCUT2D eigenvalue weighted by Crippen LogP contribution is 2.17. The van der Waals surface area contributed by atoms with Crippen molar-refractivity contribution >= 4 is 32.6 Å². The second-order valence-electron chi connectivity index (χ2n) is 3.95. The summed E-state index contributed by atoms with van der Waals surface area (Å²) in [6, 6.07) is -0.491. The van der Waals surface area contributed by atoms with E-state index in [1.165, 1.54) is 0 Å². The summed E-state index contributed by atoms with van der Waals surface area (Å²) in [7, 11) is -4.23. The Kier molecular flexibility index (Phi) is 1.90. The van der Waals surface area contributed by atoms with Gasteiger partial charge in [-0.05, 0) is 36.3 Å². The highest BCUT2D eigenvalue weighted by molar-refractivity contribution is 7.92. The fourth-order valence-electron chi connectivity index (χ4n) is 1.53. The van der Waals surface area contributed by atoms with Crippen molar-refractivity contribution in [2.75, 3.05) is 10.5 Å². The summed E-state index contributed by atoms with van der Waals surface area (Å²) in [4.78, 5) is 7.43. The minimum atomic E-state index is -4.23. The van der Waals surface area contributed by atoms with E-state index < -0.39 is 28.2 Å². The van der Waals surface area contributed by atoms with E-state index in [2.05, 4.69) is 14.7 Å². The second kappa shape index (κ2) is 5.02. The number of rotatable bonds is 3. The van der Waals surface area contributed by atoms with Gasteiger partial charge in [-0.25, -0.2) is 13.4 Å². The van der Waals surface area contributed by atoms with Crippen LogP contribution in [0.3, 0.4) is 0 Å². The van der Waals surface area contributed by atoms with Crippen molar-refractivity contribution in [2.45, 2.75) is 4.90 Å². The molecule has 3 N–H and O–H groups in total. The van der Waals surface area contributed by atoms with Crippen LogP contribution < -0.4 is 10.5 Å². The summed E-state index contributed by atoms with van der Waals surface area (Å²) in [5.74, 6) is -0.276. The molecule has 3 rings (SSSR count). The van der Waals surface area contributed by atoms with Crippen LogP contribution >= 0.6 is 0 Å². The Morgan fingerprint density at radius 1 is 1.10 bits per heavy atom. The van der Waals surface area contributed by atoms with Crippen molar-refractivity contribution in [3.63, 3.8) is 0 Å². The summed E-state index contributed by atoms with van der Waals surface area (Å²) < 4.78 is 73.3. The van der Waals surface area contributed by atoms with Crippen LogP contribution in [0.5, 0.6) is 0 Å². The van der Waals surface area contributed by atoms with Crippen LogP contribution in [0.15, 0.2) is 59.5 Å². The average Bonchev–Trinajstić information content (AvgIpc) is 2.61. The smallest absolute Gasteiger partial charge is 0.263 e. The van der Waals surface area contributed by atoms with Crippen molar-refractivity contribution in [2.24, 2.45) is 0 Å². The number of nitrogens with one attached hydrogen (secondary N) is 1. The Labute approximate surface area is 130 Å². The van der Waals surface area contributed by atoms with Gasteiger partial charge in [0.25, 0.3) is 10.0 Å². The van der Waals surface area contributed by atoms with Gasteiger partial charge in [0.05, 0.1) is 30.4 Å². The number of anilines is 2. The van der Waals surface area contributed by atoms with Crippen LogP contribution in [0.4, 0.5) is 11.5 Å². The molecule has 21 heavy (non-hydrogen) atoms. The van der Waals surface area contributed by atoms with Crippen LogP contribution in [0, 0.1) is 0 Å². The lowest BCUT2D eigenvalue weighted by molar-refractivity contribution is 0.601. The third kappa shape index (κ3) is 2.77. The lowest BCUT2D eigenvalue weighted by Crippen LogP contribution is -2.14. The van der Waals surface area contributed by atoms with E-state index in [1.54, 1.807) is 0 Å². The number of hydrogen-bond donors (Lipinski definition) is 2. The van der Waals surface area contributed by atoms with Crippen LogP contribution in [0.25, 0.3) is 11.0 Å². The molecule has 0 aliphatic carbocycles. The van der Waals surface area contributed by atoms with Gasteiger partial charge in [-0.2, -0.15) is 0 Å². The van der Waals surface area contributed by atoms with Gasteiger partial charge >= 0.3 is 0 Å². The van der Waals surface area contributed by atoms with Crippen molar-refractivity contribution in [3.05, 3.63) is 54.6 Å². The summed E-state index contributed by atoms with van der Waals surface area (Å²) in [5, 5.41) is 0. The van der Waals surface area contributed by atoms with E-state index in [9.17, 15) is 8.42 Å². The lowest BCUT2D eigenvalue weighted by atomic mass is 10.3. The quantitative estimate of drug-likeness (QED) is 0.721. The van der Waals surface area contributed by atoms with Crippen molar-refractivity contribution in [3.8, 4) is 0 Å². The third-order valence-electron chi connectivity index (χ3n) is 2.49. The molecule has 0 aliphatic rings. The first-order valence-corrected chi connectivity index (χ1v) is 7.14. The molecule has 0 aliphatic heterocycles. The molecular formula is C14H12N4O2S. The molecule has 0 amide bonds. The van der Waals surface area contributed by atoms with Gasteiger partial charge in [-0.1, -0.05) is 12.1 Å². The normalized spacial score (nSPS) is 15.4. The fourth-order valence-corrected chi connectivity index (χ4v) is 2.45. The molecule has 3 aromatic rings. The standard InChI is InChI=1S/C14H12N4O2S/c15-10-5-7-11(8-6-10)21(19,20)18-14-9-16-12-3-1-2-4-13(12)17-14/h1-9H,15H2,(H,17,18)/i1D,2D,3D,4D,5D,6D. The van der Waals surface area contributed by atoms with Crippen molar-refractivity contribution in [1.82, 2.24) is 9.97 Å². The minimum absolute atomic E-state index is 0.0988. The Bertz CT molecular complexity index is 1180. The molecule has 0 atom stereocenters. The summed E-state index contributed by atoms with van der Waals surface area (Å²) >= 11 is 0. The molecule has 0 fully saturated rings. The topological polar surface area (TPSA) is 98.0 Å². The van der Waals surface area contributed by atoms with E-state index in [1.807, 2.05) is 0 Å². The molecule has 0 bridgehead atoms. The fraction of sp³-hybridized carbons (Fsp3) is 0. The SMILES string of the molecule is [2H]c1cc(S(=O)(=O)Nc2cnc3c([2H])c([2H])c([2H])c([2H])c3n2)cc([2H])c1N. The van der Waals surface area contributed by atoms with Gasteiger partial charge in [0.15, 0.2) is 5.82 Å². The Morgan fingerprint density at radius 3 is 2.48 bits per heavy atom. The van der Waals surface area contributed by atoms with Crippen LogP contribution in [0.2, 0.25) is 0 Å². The molecule has 0 saturated carbocycles. The van der Waals surface area contributed by atoms with Gasteiger partial charge in [0.1, 0.15) is 0 Å². The number of fused-ring (bicyclic) bond motifs is 1. The predicted molar refractivity (Wildman–Crippen MR) is 81.2 cm³/mol. The maximum atomic E-state index is 12.5. The molecule has 7 heteroatoms. The Morgan fingerprint density at radius 2 is 1.76 bits per heavy atom. The second-order valence-corrected chi connectivity index (χ2v) is 5.63. The number of nitrogen functional groups attached to an aromatic ring is 1. The third-order valence-corrected chi connectivity index (χ3v) is 3.82. The van der Waals surface area contributed by atoms with Crippen LogP contribution in [0.1, 0.15) is 8.22 Å². The van der Waals surface area contributed by atoms with Crippen LogP contribution in [-0.4, -0.2) is 18.4 Å². The van der Waals surface area contributed by atoms with E-state index in [-0.39, 0.29) is 45.6 Å².